The molecular formula is C19H16Br2O3. The van der Waals surface area contributed by atoms with Crippen molar-refractivity contribution in [2.45, 2.75) is 30.4 Å². The Labute approximate surface area is 157 Å². The van der Waals surface area contributed by atoms with E-state index in [4.69, 9.17) is 4.74 Å². The fraction of sp³-hybridized carbons (Fsp3) is 0.316. The molecule has 0 aromatic heterocycles. The van der Waals surface area contributed by atoms with Gasteiger partial charge in [-0.1, -0.05) is 56.1 Å². The van der Waals surface area contributed by atoms with Crippen LogP contribution in [0, 0.1) is 0 Å². The number of ether oxygens (including phenoxy) is 1. The van der Waals surface area contributed by atoms with Crippen molar-refractivity contribution >= 4 is 37.6 Å². The largest absolute Gasteiger partial charge is 0.488 e. The molecule has 2 aliphatic rings. The van der Waals surface area contributed by atoms with Crippen molar-refractivity contribution < 1.29 is 14.6 Å². The maximum atomic E-state index is 12.1. The maximum Gasteiger partial charge on any atom is 0.151 e. The summed E-state index contributed by atoms with van der Waals surface area (Å²) in [5.41, 5.74) is 6.33. The van der Waals surface area contributed by atoms with E-state index in [0.717, 1.165) is 33.6 Å². The first-order valence-corrected chi connectivity index (χ1v) is 9.93. The van der Waals surface area contributed by atoms with Crippen LogP contribution < -0.4 is 4.74 Å². The van der Waals surface area contributed by atoms with E-state index in [1.807, 2.05) is 18.2 Å². The van der Waals surface area contributed by atoms with Crippen molar-refractivity contribution in [3.63, 3.8) is 0 Å². The SMILES string of the molecule is O=C1Cc2c(ccc3c2OCc2cc(C(O)CBr)ccc2-3)CC1Br. The third kappa shape index (κ3) is 2.63. The number of hydrogen-bond acceptors (Lipinski definition) is 3. The number of Topliss-reactive ketones (excluding diaryl/α,β-unsaturated/α-hetero) is 1. The molecule has 0 saturated heterocycles. The highest BCUT2D eigenvalue weighted by molar-refractivity contribution is 9.10. The van der Waals surface area contributed by atoms with E-state index < -0.39 is 6.10 Å². The van der Waals surface area contributed by atoms with Crippen LogP contribution in [0.3, 0.4) is 0 Å². The average molecular weight is 452 g/mol. The summed E-state index contributed by atoms with van der Waals surface area (Å²) < 4.78 is 6.04. The molecule has 124 valence electrons. The van der Waals surface area contributed by atoms with Crippen LogP contribution in [0.2, 0.25) is 0 Å². The molecular weight excluding hydrogens is 436 g/mol. The molecule has 24 heavy (non-hydrogen) atoms. The van der Waals surface area contributed by atoms with Gasteiger partial charge < -0.3 is 9.84 Å². The number of carbonyl (C=O) groups is 1. The van der Waals surface area contributed by atoms with Gasteiger partial charge in [0.1, 0.15) is 12.4 Å². The van der Waals surface area contributed by atoms with Crippen LogP contribution in [0.15, 0.2) is 30.3 Å². The zero-order chi connectivity index (χ0) is 16.8. The summed E-state index contributed by atoms with van der Waals surface area (Å²) in [7, 11) is 0. The van der Waals surface area contributed by atoms with Crippen LogP contribution in [0.1, 0.15) is 28.4 Å². The number of fused-ring (bicyclic) bond motifs is 5. The van der Waals surface area contributed by atoms with E-state index in [0.29, 0.717) is 24.8 Å². The molecule has 0 radical (unpaired) electrons. The Kier molecular flexibility index (Phi) is 4.27. The van der Waals surface area contributed by atoms with E-state index in [9.17, 15) is 9.90 Å². The fourth-order valence-electron chi connectivity index (χ4n) is 3.46. The first-order valence-electron chi connectivity index (χ1n) is 7.90. The number of alkyl halides is 2. The molecule has 2 atom stereocenters. The number of halogens is 2. The topological polar surface area (TPSA) is 46.5 Å². The van der Waals surface area contributed by atoms with Gasteiger partial charge in [0.2, 0.25) is 0 Å². The summed E-state index contributed by atoms with van der Waals surface area (Å²) in [5, 5.41) is 10.5. The van der Waals surface area contributed by atoms with Gasteiger partial charge in [-0.3, -0.25) is 4.79 Å². The number of carbonyl (C=O) groups excluding carboxylic acids is 1. The zero-order valence-corrected chi connectivity index (χ0v) is 16.1. The lowest BCUT2D eigenvalue weighted by Crippen LogP contribution is -2.26. The van der Waals surface area contributed by atoms with Crippen molar-refractivity contribution in [3.8, 4) is 16.9 Å². The van der Waals surface area contributed by atoms with E-state index in [1.165, 1.54) is 5.56 Å². The Hall–Kier alpha value is -1.17. The fourth-order valence-corrected chi connectivity index (χ4v) is 4.35. The minimum absolute atomic E-state index is 0.0905. The summed E-state index contributed by atoms with van der Waals surface area (Å²) in [6.07, 6.45) is 0.617. The van der Waals surface area contributed by atoms with Crippen molar-refractivity contribution in [2.75, 3.05) is 5.33 Å². The minimum Gasteiger partial charge on any atom is -0.488 e. The first-order chi connectivity index (χ1) is 11.6. The normalized spacial score (nSPS) is 19.8. The van der Waals surface area contributed by atoms with Gasteiger partial charge in [0.25, 0.3) is 0 Å². The lowest BCUT2D eigenvalue weighted by Gasteiger charge is -2.28. The molecule has 3 nitrogen and oxygen atoms in total. The molecule has 0 spiro atoms. The molecule has 1 aliphatic heterocycles. The standard InChI is InChI=1S/C19H16Br2O3/c20-8-18(23)11-2-3-13-12(5-11)9-24-19-14(13)4-1-10-6-16(21)17(22)7-15(10)19/h1-5,16,18,23H,6-9H2. The third-order valence-corrected chi connectivity index (χ3v) is 6.23. The Bertz CT molecular complexity index is 832. The van der Waals surface area contributed by atoms with Gasteiger partial charge in [-0.2, -0.15) is 0 Å². The van der Waals surface area contributed by atoms with Crippen LogP contribution in [-0.2, 0) is 24.2 Å². The molecule has 2 aromatic rings. The lowest BCUT2D eigenvalue weighted by atomic mass is 9.85. The van der Waals surface area contributed by atoms with Crippen molar-refractivity contribution in [2.24, 2.45) is 0 Å². The number of aliphatic hydroxyl groups is 1. The zero-order valence-electron chi connectivity index (χ0n) is 12.9. The number of benzene rings is 2. The van der Waals surface area contributed by atoms with Crippen LogP contribution >= 0.6 is 31.9 Å². The second-order valence-corrected chi connectivity index (χ2v) is 8.02. The molecule has 2 unspecified atom stereocenters. The highest BCUT2D eigenvalue weighted by atomic mass is 79.9. The Morgan fingerprint density at radius 3 is 2.79 bits per heavy atom. The number of hydrogen-bond donors (Lipinski definition) is 1. The summed E-state index contributed by atoms with van der Waals surface area (Å²) in [5.74, 6) is 1.06. The number of ketones is 1. The average Bonchev–Trinajstić information content (AvgIpc) is 2.61. The van der Waals surface area contributed by atoms with Gasteiger partial charge in [0.15, 0.2) is 5.78 Å². The maximum absolute atomic E-state index is 12.1. The predicted octanol–water partition coefficient (Wildman–Crippen LogP) is 4.11. The van der Waals surface area contributed by atoms with Gasteiger partial charge in [0, 0.05) is 22.9 Å². The van der Waals surface area contributed by atoms with Gasteiger partial charge in [-0.05, 0) is 34.7 Å². The van der Waals surface area contributed by atoms with Crippen LogP contribution in [-0.4, -0.2) is 21.0 Å². The van der Waals surface area contributed by atoms with E-state index in [1.54, 1.807) is 0 Å². The molecule has 0 saturated carbocycles. The molecule has 4 rings (SSSR count). The van der Waals surface area contributed by atoms with Gasteiger partial charge in [-0.25, -0.2) is 0 Å². The molecule has 1 heterocycles. The summed E-state index contributed by atoms with van der Waals surface area (Å²) in [6.45, 7) is 0.466. The van der Waals surface area contributed by atoms with Gasteiger partial charge in [-0.15, -0.1) is 0 Å². The quantitative estimate of drug-likeness (QED) is 0.699. The van der Waals surface area contributed by atoms with Crippen molar-refractivity contribution in [1.29, 1.82) is 0 Å². The second kappa shape index (κ2) is 6.28. The lowest BCUT2D eigenvalue weighted by molar-refractivity contribution is -0.118. The van der Waals surface area contributed by atoms with Gasteiger partial charge in [0.05, 0.1) is 10.9 Å². The van der Waals surface area contributed by atoms with Crippen LogP contribution in [0.4, 0.5) is 0 Å². The monoisotopic (exact) mass is 450 g/mol. The Balaban J connectivity index is 1.80. The predicted molar refractivity (Wildman–Crippen MR) is 100 cm³/mol. The van der Waals surface area contributed by atoms with Crippen molar-refractivity contribution in [1.82, 2.24) is 0 Å². The van der Waals surface area contributed by atoms with E-state index in [2.05, 4.69) is 44.0 Å². The highest BCUT2D eigenvalue weighted by Crippen LogP contribution is 2.43. The Morgan fingerprint density at radius 2 is 2.00 bits per heavy atom. The molecule has 0 bridgehead atoms. The van der Waals surface area contributed by atoms with E-state index in [-0.39, 0.29) is 10.6 Å². The molecule has 0 fully saturated rings. The van der Waals surface area contributed by atoms with Crippen molar-refractivity contribution in [3.05, 3.63) is 52.6 Å². The number of aliphatic hydroxyl groups excluding tert-OH is 1. The molecule has 0 amide bonds. The van der Waals surface area contributed by atoms with Crippen LogP contribution in [0.5, 0.6) is 5.75 Å². The summed E-state index contributed by atoms with van der Waals surface area (Å²) >= 11 is 6.76. The molecule has 2 aromatic carbocycles. The summed E-state index contributed by atoms with van der Waals surface area (Å²) in [4.78, 5) is 12.0. The van der Waals surface area contributed by atoms with Gasteiger partial charge >= 0.3 is 0 Å². The molecule has 1 aliphatic carbocycles. The Morgan fingerprint density at radius 1 is 1.21 bits per heavy atom. The first kappa shape index (κ1) is 16.3. The smallest absolute Gasteiger partial charge is 0.151 e. The minimum atomic E-state index is -0.520. The van der Waals surface area contributed by atoms with E-state index >= 15 is 0 Å². The van der Waals surface area contributed by atoms with Crippen LogP contribution in [0.25, 0.3) is 11.1 Å². The number of rotatable bonds is 2. The third-order valence-electron chi connectivity index (χ3n) is 4.78. The summed E-state index contributed by atoms with van der Waals surface area (Å²) in [6, 6.07) is 10.2. The molecule has 1 N–H and O–H groups in total. The highest BCUT2D eigenvalue weighted by Gasteiger charge is 2.30. The second-order valence-electron chi connectivity index (χ2n) is 6.27. The molecule has 5 heteroatoms.